The first-order valence-corrected chi connectivity index (χ1v) is 13.6. The molecule has 0 saturated heterocycles. The molecule has 2 atom stereocenters. The number of aliphatic hydroxyl groups is 1. The van der Waals surface area contributed by atoms with Gasteiger partial charge in [0.15, 0.2) is 4.87 Å². The van der Waals surface area contributed by atoms with Crippen LogP contribution in [0.3, 0.4) is 0 Å². The molecule has 2 unspecified atom stereocenters. The smallest absolute Gasteiger partial charge is 0.416 e. The Bertz CT molecular complexity index is 1230. The third-order valence-corrected chi connectivity index (χ3v) is 11.4. The van der Waals surface area contributed by atoms with E-state index in [4.69, 9.17) is 11.6 Å². The Morgan fingerprint density at radius 3 is 1.43 bits per heavy atom. The van der Waals surface area contributed by atoms with Crippen molar-refractivity contribution < 1.29 is 30.7 Å². The Hall–Kier alpha value is -2.87. The molecule has 1 N–H and O–H groups in total. The molecule has 0 spiro atoms. The Kier molecular flexibility index (Phi) is 9.05. The van der Waals surface area contributed by atoms with Crippen molar-refractivity contribution in [3.05, 3.63) is 126 Å². The van der Waals surface area contributed by atoms with Gasteiger partial charge in [0, 0.05) is 0 Å². The lowest BCUT2D eigenvalue weighted by Gasteiger charge is -2.34. The zero-order valence-electron chi connectivity index (χ0n) is 19.5. The van der Waals surface area contributed by atoms with E-state index in [1.807, 2.05) is 91.0 Å². The third kappa shape index (κ3) is 5.84. The van der Waals surface area contributed by atoms with Crippen molar-refractivity contribution in [2.24, 2.45) is 0 Å². The minimum atomic E-state index is -4.51. The van der Waals surface area contributed by atoms with Crippen LogP contribution in [0.5, 0.6) is 0 Å². The molecule has 0 aliphatic carbocycles. The van der Waals surface area contributed by atoms with Crippen molar-refractivity contribution >= 4 is 34.8 Å². The first kappa shape index (κ1) is 28.7. The molecule has 4 aromatic carbocycles. The maximum Gasteiger partial charge on any atom is 0.416 e. The first-order valence-electron chi connectivity index (χ1n) is 11.2. The fourth-order valence-electron chi connectivity index (χ4n) is 4.42. The lowest BCUT2D eigenvalue weighted by atomic mass is 9.96. The molecular formula is C29H23Cl2F3NOP. The van der Waals surface area contributed by atoms with E-state index in [2.05, 4.69) is 6.07 Å². The number of rotatable bonds is 7. The lowest BCUT2D eigenvalue weighted by Crippen LogP contribution is -3.00. The molecule has 37 heavy (non-hydrogen) atoms. The normalized spacial score (nSPS) is 14.1. The summed E-state index contributed by atoms with van der Waals surface area (Å²) in [6, 6.07) is 35.4. The van der Waals surface area contributed by atoms with Gasteiger partial charge in [0.25, 0.3) is 0 Å². The average Bonchev–Trinajstić information content (AvgIpc) is 2.92. The van der Waals surface area contributed by atoms with E-state index in [0.29, 0.717) is 0 Å². The molecule has 4 aromatic rings. The van der Waals surface area contributed by atoms with Gasteiger partial charge in [0.05, 0.1) is 11.6 Å². The highest BCUT2D eigenvalue weighted by molar-refractivity contribution is 7.95. The van der Waals surface area contributed by atoms with Crippen LogP contribution in [0.1, 0.15) is 17.2 Å². The number of hydrogen-bond acceptors (Lipinski definition) is 2. The molecule has 0 radical (unpaired) electrons. The number of hydrogen-bond donors (Lipinski definition) is 1. The number of benzene rings is 4. The van der Waals surface area contributed by atoms with Crippen LogP contribution in [0.4, 0.5) is 13.2 Å². The highest BCUT2D eigenvalue weighted by atomic mass is 35.5. The number of alkyl halides is 4. The predicted octanol–water partition coefficient (Wildman–Crippen LogP) is 3.24. The van der Waals surface area contributed by atoms with Crippen molar-refractivity contribution in [2.75, 3.05) is 6.16 Å². The van der Waals surface area contributed by atoms with Gasteiger partial charge in [-0.2, -0.15) is 18.4 Å². The average molecular weight is 560 g/mol. The summed E-state index contributed by atoms with van der Waals surface area (Å²) < 4.78 is 39.2. The molecular weight excluding hydrogens is 537 g/mol. The van der Waals surface area contributed by atoms with Crippen LogP contribution in [0.25, 0.3) is 0 Å². The molecule has 0 aliphatic rings. The van der Waals surface area contributed by atoms with Crippen LogP contribution in [-0.2, 0) is 6.18 Å². The van der Waals surface area contributed by atoms with Gasteiger partial charge in [-0.3, -0.25) is 0 Å². The van der Waals surface area contributed by atoms with Crippen LogP contribution in [0.2, 0.25) is 0 Å². The fourth-order valence-corrected chi connectivity index (χ4v) is 9.50. The molecule has 0 aromatic heterocycles. The van der Waals surface area contributed by atoms with Crippen molar-refractivity contribution in [2.45, 2.75) is 17.2 Å². The van der Waals surface area contributed by atoms with Gasteiger partial charge in [0.2, 0.25) is 0 Å². The highest BCUT2D eigenvalue weighted by Gasteiger charge is 2.54. The lowest BCUT2D eigenvalue weighted by molar-refractivity contribution is -0.137. The van der Waals surface area contributed by atoms with Crippen LogP contribution in [0, 0.1) is 11.3 Å². The van der Waals surface area contributed by atoms with Gasteiger partial charge in [-0.15, -0.1) is 0 Å². The molecule has 0 aliphatic heterocycles. The van der Waals surface area contributed by atoms with E-state index in [1.54, 1.807) is 0 Å². The van der Waals surface area contributed by atoms with Crippen LogP contribution >= 0.6 is 18.9 Å². The summed E-state index contributed by atoms with van der Waals surface area (Å²) in [5.74, 6) is 0. The van der Waals surface area contributed by atoms with E-state index >= 15 is 0 Å². The second kappa shape index (κ2) is 11.7. The topological polar surface area (TPSA) is 44.0 Å². The fraction of sp³-hybridized carbons (Fsp3) is 0.138. The monoisotopic (exact) mass is 559 g/mol. The van der Waals surface area contributed by atoms with E-state index in [0.717, 1.165) is 28.0 Å². The van der Waals surface area contributed by atoms with Crippen molar-refractivity contribution in [3.8, 4) is 6.07 Å². The molecule has 0 bridgehead atoms. The maximum atomic E-state index is 13.1. The second-order valence-corrected chi connectivity index (χ2v) is 12.6. The molecule has 2 nitrogen and oxygen atoms in total. The van der Waals surface area contributed by atoms with Gasteiger partial charge in [-0.1, -0.05) is 78.3 Å². The van der Waals surface area contributed by atoms with E-state index in [-0.39, 0.29) is 24.1 Å². The SMILES string of the molecule is N#CC(Cl)(C[P+](c1ccccc1)(c1ccccc1)c1ccccc1)C(O)c1ccc(C(F)(F)F)cc1.[Cl-]. The van der Waals surface area contributed by atoms with Gasteiger partial charge < -0.3 is 17.5 Å². The van der Waals surface area contributed by atoms with Gasteiger partial charge >= 0.3 is 6.18 Å². The second-order valence-electron chi connectivity index (χ2n) is 8.47. The summed E-state index contributed by atoms with van der Waals surface area (Å²) in [5, 5.41) is 24.5. The van der Waals surface area contributed by atoms with E-state index in [1.165, 1.54) is 12.1 Å². The number of nitrogens with zero attached hydrogens (tertiary/aromatic N) is 1. The van der Waals surface area contributed by atoms with E-state index < -0.39 is 30.0 Å². The van der Waals surface area contributed by atoms with Crippen LogP contribution in [-0.4, -0.2) is 16.1 Å². The number of aliphatic hydroxyl groups excluding tert-OH is 1. The molecule has 4 rings (SSSR count). The highest BCUT2D eigenvalue weighted by Crippen LogP contribution is 2.59. The largest absolute Gasteiger partial charge is 1.00 e. The summed E-state index contributed by atoms with van der Waals surface area (Å²) in [6.45, 7) is 0. The number of nitriles is 1. The Balaban J connectivity index is 0.00000380. The first-order chi connectivity index (χ1) is 17.2. The summed E-state index contributed by atoms with van der Waals surface area (Å²) in [4.78, 5) is -1.82. The maximum absolute atomic E-state index is 13.1. The minimum Gasteiger partial charge on any atom is -1.00 e. The van der Waals surface area contributed by atoms with Gasteiger partial charge in [0.1, 0.15) is 35.4 Å². The molecule has 0 saturated carbocycles. The van der Waals surface area contributed by atoms with Crippen LogP contribution < -0.4 is 28.3 Å². The quantitative estimate of drug-likeness (QED) is 0.279. The summed E-state index contributed by atoms with van der Waals surface area (Å²) in [7, 11) is -2.60. The Morgan fingerprint density at radius 2 is 1.11 bits per heavy atom. The molecule has 0 fully saturated rings. The third-order valence-electron chi connectivity index (χ3n) is 6.23. The molecule has 0 heterocycles. The summed E-state index contributed by atoms with van der Waals surface area (Å²) in [5.41, 5.74) is -0.692. The minimum absolute atomic E-state index is 0. The van der Waals surface area contributed by atoms with Crippen molar-refractivity contribution in [1.29, 1.82) is 5.26 Å². The van der Waals surface area contributed by atoms with E-state index in [9.17, 15) is 23.5 Å². The van der Waals surface area contributed by atoms with Crippen molar-refractivity contribution in [1.82, 2.24) is 0 Å². The number of halogens is 5. The Labute approximate surface area is 226 Å². The van der Waals surface area contributed by atoms with Gasteiger partial charge in [-0.05, 0) is 54.1 Å². The molecule has 0 amide bonds. The summed E-state index contributed by atoms with van der Waals surface area (Å²) >= 11 is 6.97. The molecule has 8 heteroatoms. The molecule has 190 valence electrons. The zero-order chi connectivity index (χ0) is 25.8. The Morgan fingerprint density at radius 1 is 0.730 bits per heavy atom. The van der Waals surface area contributed by atoms with Crippen LogP contribution in [0.15, 0.2) is 115 Å². The summed E-state index contributed by atoms with van der Waals surface area (Å²) in [6.07, 6.45) is -5.97. The van der Waals surface area contributed by atoms with Crippen molar-refractivity contribution in [3.63, 3.8) is 0 Å². The zero-order valence-corrected chi connectivity index (χ0v) is 21.9. The van der Waals surface area contributed by atoms with Gasteiger partial charge in [-0.25, -0.2) is 0 Å². The standard InChI is InChI=1S/C29H23ClF3NOP.ClH/c30-28(20-34,27(35)22-16-18-23(19-17-22)29(31,32)33)21-36(24-10-4-1-5-11-24,25-12-6-2-7-13-25)26-14-8-3-9-15-26;/h1-19,27,35H,21H2;1H/q+1;/p-1. The predicted molar refractivity (Wildman–Crippen MR) is 141 cm³/mol.